The Balaban J connectivity index is 1.29. The fourth-order valence-electron chi connectivity index (χ4n) is 3.27. The lowest BCUT2D eigenvalue weighted by Crippen LogP contribution is -2.50. The lowest BCUT2D eigenvalue weighted by Gasteiger charge is -2.22. The van der Waals surface area contributed by atoms with Crippen molar-refractivity contribution in [2.75, 3.05) is 13.7 Å². The van der Waals surface area contributed by atoms with Gasteiger partial charge >= 0.3 is 0 Å². The van der Waals surface area contributed by atoms with E-state index in [1.807, 2.05) is 12.1 Å². The Bertz CT molecular complexity index is 647. The summed E-state index contributed by atoms with van der Waals surface area (Å²) in [4.78, 5) is 11.8. The topological polar surface area (TPSA) is 71.6 Å². The third kappa shape index (κ3) is 4.85. The van der Waals surface area contributed by atoms with E-state index in [9.17, 15) is 4.79 Å². The number of rotatable bonds is 6. The van der Waals surface area contributed by atoms with Gasteiger partial charge in [0.2, 0.25) is 5.91 Å². The summed E-state index contributed by atoms with van der Waals surface area (Å²) in [5.74, 6) is 2.52. The van der Waals surface area contributed by atoms with Crippen molar-refractivity contribution in [3.05, 3.63) is 36.4 Å². The van der Waals surface area contributed by atoms with Gasteiger partial charge in [0.15, 0.2) is 5.11 Å². The van der Waals surface area contributed by atoms with Crippen molar-refractivity contribution in [2.45, 2.75) is 25.3 Å². The molecule has 25 heavy (non-hydrogen) atoms. The van der Waals surface area contributed by atoms with Crippen molar-refractivity contribution in [1.82, 2.24) is 16.2 Å². The minimum atomic E-state index is -0.175. The molecule has 2 aliphatic rings. The Morgan fingerprint density at radius 3 is 2.56 bits per heavy atom. The first-order chi connectivity index (χ1) is 12.1. The molecular weight excluding hydrogens is 338 g/mol. The first kappa shape index (κ1) is 17.5. The summed E-state index contributed by atoms with van der Waals surface area (Å²) < 4.78 is 10.6. The number of fused-ring (bicyclic) bond motifs is 2. The van der Waals surface area contributed by atoms with Crippen LogP contribution in [0.3, 0.4) is 0 Å². The van der Waals surface area contributed by atoms with Crippen LogP contribution in [0.4, 0.5) is 0 Å². The third-order valence-corrected chi connectivity index (χ3v) is 4.79. The van der Waals surface area contributed by atoms with Gasteiger partial charge < -0.3 is 14.8 Å². The number of ether oxygens (including phenoxy) is 2. The van der Waals surface area contributed by atoms with E-state index < -0.39 is 0 Å². The van der Waals surface area contributed by atoms with Crippen LogP contribution in [0.25, 0.3) is 0 Å². The van der Waals surface area contributed by atoms with Gasteiger partial charge in [0.05, 0.1) is 20.1 Å². The molecule has 2 bridgehead atoms. The molecule has 1 fully saturated rings. The lowest BCUT2D eigenvalue weighted by molar-refractivity contribution is -0.122. The summed E-state index contributed by atoms with van der Waals surface area (Å²) in [6.45, 7) is 0.289. The van der Waals surface area contributed by atoms with Crippen molar-refractivity contribution in [3.63, 3.8) is 0 Å². The molecule has 134 valence electrons. The molecule has 6 nitrogen and oxygen atoms in total. The van der Waals surface area contributed by atoms with Gasteiger partial charge in [0, 0.05) is 6.04 Å². The average Bonchev–Trinajstić information content (AvgIpc) is 3.23. The van der Waals surface area contributed by atoms with Crippen LogP contribution < -0.4 is 25.6 Å². The van der Waals surface area contributed by atoms with Gasteiger partial charge in [-0.2, -0.15) is 0 Å². The van der Waals surface area contributed by atoms with Gasteiger partial charge in [-0.25, -0.2) is 0 Å². The number of methoxy groups -OCH3 is 1. The van der Waals surface area contributed by atoms with Gasteiger partial charge in [0.25, 0.3) is 0 Å². The Morgan fingerprint density at radius 1 is 1.16 bits per heavy atom. The van der Waals surface area contributed by atoms with E-state index >= 15 is 0 Å². The van der Waals surface area contributed by atoms with Crippen LogP contribution in [0, 0.1) is 11.8 Å². The highest BCUT2D eigenvalue weighted by Crippen LogP contribution is 2.38. The molecule has 7 heteroatoms. The molecule has 2 aliphatic carbocycles. The normalized spacial score (nSPS) is 23.2. The van der Waals surface area contributed by atoms with Gasteiger partial charge in [0.1, 0.15) is 11.5 Å². The van der Waals surface area contributed by atoms with Gasteiger partial charge in [-0.3, -0.25) is 15.6 Å². The highest BCUT2D eigenvalue weighted by molar-refractivity contribution is 7.80. The summed E-state index contributed by atoms with van der Waals surface area (Å²) in [6, 6.07) is 7.60. The maximum absolute atomic E-state index is 11.8. The van der Waals surface area contributed by atoms with E-state index in [-0.39, 0.29) is 18.9 Å². The van der Waals surface area contributed by atoms with E-state index in [0.29, 0.717) is 28.7 Å². The summed E-state index contributed by atoms with van der Waals surface area (Å²) >= 11 is 5.23. The molecule has 0 saturated heterocycles. The zero-order valence-electron chi connectivity index (χ0n) is 14.2. The molecule has 0 aromatic heterocycles. The number of benzene rings is 1. The summed E-state index contributed by atoms with van der Waals surface area (Å²) in [5.41, 5.74) is 5.35. The van der Waals surface area contributed by atoms with Crippen LogP contribution in [0.1, 0.15) is 19.3 Å². The molecule has 0 spiro atoms. The van der Waals surface area contributed by atoms with Crippen molar-refractivity contribution in [1.29, 1.82) is 0 Å². The lowest BCUT2D eigenvalue weighted by atomic mass is 10.0. The largest absolute Gasteiger partial charge is 0.497 e. The molecule has 1 amide bonds. The van der Waals surface area contributed by atoms with Crippen molar-refractivity contribution in [2.24, 2.45) is 11.8 Å². The second kappa shape index (κ2) is 8.20. The number of nitrogens with one attached hydrogen (secondary N) is 3. The smallest absolute Gasteiger partial charge is 0.241 e. The number of thiocarbonyl (C=S) groups is 1. The van der Waals surface area contributed by atoms with E-state index in [2.05, 4.69) is 28.3 Å². The van der Waals surface area contributed by atoms with Crippen molar-refractivity contribution < 1.29 is 14.3 Å². The molecule has 3 rings (SSSR count). The molecule has 1 aromatic rings. The number of carbonyl (C=O) groups excluding carboxylic acids is 1. The molecule has 1 saturated carbocycles. The second-order valence-electron chi connectivity index (χ2n) is 6.31. The van der Waals surface area contributed by atoms with Gasteiger partial charge in [-0.15, -0.1) is 0 Å². The van der Waals surface area contributed by atoms with Crippen LogP contribution in [0.5, 0.6) is 11.5 Å². The number of hydrogen-bond acceptors (Lipinski definition) is 4. The fraction of sp³-hybridized carbons (Fsp3) is 0.444. The van der Waals surface area contributed by atoms with E-state index in [1.54, 1.807) is 19.2 Å². The highest BCUT2D eigenvalue weighted by atomic mass is 32.1. The van der Waals surface area contributed by atoms with Crippen molar-refractivity contribution >= 4 is 23.2 Å². The Hall–Kier alpha value is -2.28. The van der Waals surface area contributed by atoms with Crippen LogP contribution in [0.2, 0.25) is 0 Å². The number of carbonyl (C=O) groups is 1. The average molecular weight is 361 g/mol. The predicted molar refractivity (Wildman–Crippen MR) is 99.3 cm³/mol. The molecule has 1 aromatic carbocycles. The Kier molecular flexibility index (Phi) is 5.75. The SMILES string of the molecule is COc1ccc(OCCC(=O)NNC(=S)N[C@H]2C[C@@H]3C=C[C@@H]2C3)cc1. The Morgan fingerprint density at radius 2 is 1.92 bits per heavy atom. The second-order valence-corrected chi connectivity index (χ2v) is 6.72. The maximum Gasteiger partial charge on any atom is 0.241 e. The number of hydrazine groups is 1. The molecule has 0 unspecified atom stereocenters. The summed E-state index contributed by atoms with van der Waals surface area (Å²) in [7, 11) is 1.61. The third-order valence-electron chi connectivity index (χ3n) is 4.57. The molecule has 0 heterocycles. The molecule has 3 N–H and O–H groups in total. The number of amides is 1. The van der Waals surface area contributed by atoms with Crippen LogP contribution in [-0.4, -0.2) is 30.8 Å². The maximum atomic E-state index is 11.8. The van der Waals surface area contributed by atoms with Crippen molar-refractivity contribution in [3.8, 4) is 11.5 Å². The number of allylic oxidation sites excluding steroid dienone is 1. The van der Waals surface area contributed by atoms with Gasteiger partial charge in [-0.1, -0.05) is 12.2 Å². The Labute approximate surface area is 152 Å². The summed E-state index contributed by atoms with van der Waals surface area (Å²) in [6.07, 6.45) is 7.08. The number of hydrogen-bond donors (Lipinski definition) is 3. The monoisotopic (exact) mass is 361 g/mol. The molecule has 0 radical (unpaired) electrons. The zero-order valence-corrected chi connectivity index (χ0v) is 15.0. The molecule has 0 aliphatic heterocycles. The highest BCUT2D eigenvalue weighted by Gasteiger charge is 2.35. The quantitative estimate of drug-likeness (QED) is 0.409. The van der Waals surface area contributed by atoms with Crippen LogP contribution >= 0.6 is 12.2 Å². The van der Waals surface area contributed by atoms with Crippen LogP contribution in [0.15, 0.2) is 36.4 Å². The fourth-order valence-corrected chi connectivity index (χ4v) is 3.48. The van der Waals surface area contributed by atoms with E-state index in [1.165, 1.54) is 6.42 Å². The first-order valence-corrected chi connectivity index (χ1v) is 8.85. The van der Waals surface area contributed by atoms with E-state index in [4.69, 9.17) is 21.7 Å². The predicted octanol–water partition coefficient (Wildman–Crippen LogP) is 1.92. The van der Waals surface area contributed by atoms with Crippen LogP contribution in [-0.2, 0) is 4.79 Å². The summed E-state index contributed by atoms with van der Waals surface area (Å²) in [5, 5.41) is 3.72. The zero-order chi connectivity index (χ0) is 17.6. The minimum Gasteiger partial charge on any atom is -0.497 e. The first-order valence-electron chi connectivity index (χ1n) is 8.44. The minimum absolute atomic E-state index is 0.175. The molecular formula is C18H23N3O3S. The standard InChI is InChI=1S/C18H23N3O3S/c1-23-14-4-6-15(7-5-14)24-9-8-17(22)20-21-18(25)19-16-11-12-2-3-13(16)10-12/h2-7,12-13,16H,8-11H2,1H3,(H,20,22)(H2,19,21,25)/t12-,13-,16+/m1/s1. The van der Waals surface area contributed by atoms with E-state index in [0.717, 1.165) is 12.2 Å². The van der Waals surface area contributed by atoms with Gasteiger partial charge in [-0.05, 0) is 61.2 Å². The molecule has 3 atom stereocenters.